The number of rotatable bonds is 3. The highest BCUT2D eigenvalue weighted by Gasteiger charge is 1.93. The van der Waals surface area contributed by atoms with Crippen LogP contribution in [-0.2, 0) is 13.4 Å². The minimum Gasteiger partial charge on any atom is -0.326 e. The predicted molar refractivity (Wildman–Crippen MR) is 57.3 cm³/mol. The molecule has 10 heteroatoms. The van der Waals surface area contributed by atoms with E-state index in [0.29, 0.717) is 0 Å². The second-order valence-electron chi connectivity index (χ2n) is 1.87. The molecule has 0 bridgehead atoms. The Balaban J connectivity index is 0.000000265. The van der Waals surface area contributed by atoms with Crippen LogP contribution in [0.25, 0.3) is 0 Å². The molecule has 0 aliphatic carbocycles. The molecule has 15 heavy (non-hydrogen) atoms. The Morgan fingerprint density at radius 1 is 1.27 bits per heavy atom. The van der Waals surface area contributed by atoms with E-state index in [9.17, 15) is 9.13 Å². The summed E-state index contributed by atoms with van der Waals surface area (Å²) < 4.78 is 22.3. The maximum absolute atomic E-state index is 9.44. The maximum atomic E-state index is 9.44. The summed E-state index contributed by atoms with van der Waals surface area (Å²) in [6.07, 6.45) is 5.42. The van der Waals surface area contributed by atoms with Crippen LogP contribution >= 0.6 is 28.3 Å². The molecule has 0 radical (unpaired) electrons. The lowest BCUT2D eigenvalue weighted by atomic mass is 10.7. The summed E-state index contributed by atoms with van der Waals surface area (Å²) in [4.78, 5) is 23.3. The van der Waals surface area contributed by atoms with Crippen molar-refractivity contribution in [3.63, 3.8) is 0 Å². The zero-order valence-electron chi connectivity index (χ0n) is 7.65. The van der Waals surface area contributed by atoms with Gasteiger partial charge in [0.05, 0.1) is 0 Å². The van der Waals surface area contributed by atoms with Gasteiger partial charge in [-0.1, -0.05) is 11.8 Å². The third kappa shape index (κ3) is 10.1. The second-order valence-corrected chi connectivity index (χ2v) is 4.52. The summed E-state index contributed by atoms with van der Waals surface area (Å²) >= 11 is 1.55. The molecule has 7 nitrogen and oxygen atoms in total. The van der Waals surface area contributed by atoms with E-state index in [0.717, 1.165) is 5.16 Å². The highest BCUT2D eigenvalue weighted by Crippen LogP contribution is 2.30. The number of thioether (sulfide) groups is 1. The largest absolute Gasteiger partial charge is 0.326 e. The summed E-state index contributed by atoms with van der Waals surface area (Å²) in [5.74, 6) is 0. The number of nitrogens with zero attached hydrogens (tertiary/aromatic N) is 2. The Hall–Kier alpha value is -0.230. The molecular weight excluding hydrogens is 262 g/mol. The summed E-state index contributed by atoms with van der Waals surface area (Å²) in [5.41, 5.74) is 0. The molecule has 1 heterocycles. The fourth-order valence-electron chi connectivity index (χ4n) is 0.466. The first-order valence-electron chi connectivity index (χ1n) is 3.51. The SMILES string of the molecule is CSc1ncccn1.O=[PH](O)O[PH](=O)O. The molecule has 1 aromatic heterocycles. The Labute approximate surface area is 91.8 Å². The fourth-order valence-corrected chi connectivity index (χ4v) is 1.40. The molecule has 0 saturated heterocycles. The van der Waals surface area contributed by atoms with E-state index in [1.165, 1.54) is 0 Å². The van der Waals surface area contributed by atoms with Gasteiger partial charge in [0.1, 0.15) is 0 Å². The maximum Gasteiger partial charge on any atom is 0.323 e. The van der Waals surface area contributed by atoms with Gasteiger partial charge in [-0.15, -0.1) is 0 Å². The molecule has 0 saturated carbocycles. The van der Waals surface area contributed by atoms with Gasteiger partial charge in [-0.3, -0.25) is 9.13 Å². The molecule has 0 aliphatic heterocycles. The van der Waals surface area contributed by atoms with Gasteiger partial charge in [0, 0.05) is 12.4 Å². The van der Waals surface area contributed by atoms with E-state index in [2.05, 4.69) is 14.3 Å². The van der Waals surface area contributed by atoms with Crippen LogP contribution in [0.1, 0.15) is 0 Å². The van der Waals surface area contributed by atoms with E-state index >= 15 is 0 Å². The van der Waals surface area contributed by atoms with E-state index in [1.807, 2.05) is 6.26 Å². The van der Waals surface area contributed by atoms with Crippen LogP contribution in [-0.4, -0.2) is 26.0 Å². The standard InChI is InChI=1S/C5H6N2S.H4O5P2/c1-8-5-6-3-2-4-7-5;1-6(2)5-7(3)4/h2-4H,1H3;6-7H,(H,1,2)(H,3,4). The third-order valence-corrected chi connectivity index (χ3v) is 2.87. The van der Waals surface area contributed by atoms with Gasteiger partial charge < -0.3 is 9.79 Å². The highest BCUT2D eigenvalue weighted by atomic mass is 32.2. The number of hydrogen-bond acceptors (Lipinski definition) is 6. The average Bonchev–Trinajstić information content (AvgIpc) is 2.18. The van der Waals surface area contributed by atoms with Crippen LogP contribution in [0.3, 0.4) is 0 Å². The van der Waals surface area contributed by atoms with Crippen LogP contribution in [0.15, 0.2) is 23.6 Å². The van der Waals surface area contributed by atoms with Crippen molar-refractivity contribution in [1.82, 2.24) is 9.97 Å². The average molecular weight is 272 g/mol. The molecule has 2 unspecified atom stereocenters. The summed E-state index contributed by atoms with van der Waals surface area (Å²) in [6.45, 7) is 0. The minimum atomic E-state index is -3.20. The molecule has 1 aromatic rings. The highest BCUT2D eigenvalue weighted by molar-refractivity contribution is 7.98. The van der Waals surface area contributed by atoms with Gasteiger partial charge in [0.2, 0.25) is 0 Å². The first kappa shape index (κ1) is 14.8. The van der Waals surface area contributed by atoms with Gasteiger partial charge >= 0.3 is 16.5 Å². The first-order chi connectivity index (χ1) is 7.06. The normalized spacial score (nSPS) is 13.5. The van der Waals surface area contributed by atoms with Crippen LogP contribution in [0.4, 0.5) is 0 Å². The van der Waals surface area contributed by atoms with Crippen molar-refractivity contribution in [2.24, 2.45) is 0 Å². The van der Waals surface area contributed by atoms with E-state index in [4.69, 9.17) is 9.79 Å². The van der Waals surface area contributed by atoms with E-state index < -0.39 is 16.5 Å². The Morgan fingerprint density at radius 2 is 1.73 bits per heavy atom. The van der Waals surface area contributed by atoms with Crippen molar-refractivity contribution < 1.29 is 23.2 Å². The van der Waals surface area contributed by atoms with Crippen LogP contribution in [0.2, 0.25) is 0 Å². The lowest BCUT2D eigenvalue weighted by Crippen LogP contribution is -1.79. The molecule has 0 aromatic carbocycles. The fraction of sp³-hybridized carbons (Fsp3) is 0.200. The monoisotopic (exact) mass is 272 g/mol. The van der Waals surface area contributed by atoms with E-state index in [-0.39, 0.29) is 0 Å². The van der Waals surface area contributed by atoms with Crippen molar-refractivity contribution in [3.05, 3.63) is 18.5 Å². The zero-order valence-corrected chi connectivity index (χ0v) is 10.5. The van der Waals surface area contributed by atoms with Crippen molar-refractivity contribution in [2.75, 3.05) is 6.26 Å². The smallest absolute Gasteiger partial charge is 0.323 e. The molecule has 0 fully saturated rings. The molecule has 1 rings (SSSR count). The quantitative estimate of drug-likeness (QED) is 0.475. The Bertz CT molecular complexity index is 312. The van der Waals surface area contributed by atoms with Gasteiger partial charge in [0.15, 0.2) is 5.16 Å². The number of aromatic nitrogens is 2. The molecular formula is C5H10N2O5P2S. The predicted octanol–water partition coefficient (Wildman–Crippen LogP) is 0.965. The molecule has 2 N–H and O–H groups in total. The summed E-state index contributed by atoms with van der Waals surface area (Å²) in [5, 5.41) is 0.826. The Kier molecular flexibility index (Phi) is 8.89. The molecule has 0 spiro atoms. The lowest BCUT2D eigenvalue weighted by Gasteiger charge is -1.87. The van der Waals surface area contributed by atoms with Crippen molar-refractivity contribution in [3.8, 4) is 0 Å². The van der Waals surface area contributed by atoms with Crippen LogP contribution < -0.4 is 0 Å². The van der Waals surface area contributed by atoms with Crippen molar-refractivity contribution >= 4 is 28.3 Å². The lowest BCUT2D eigenvalue weighted by molar-refractivity contribution is 0.371. The van der Waals surface area contributed by atoms with Crippen LogP contribution in [0, 0.1) is 0 Å². The molecule has 0 aliphatic rings. The summed E-state index contributed by atoms with van der Waals surface area (Å²) in [6, 6.07) is 1.81. The van der Waals surface area contributed by atoms with E-state index in [1.54, 1.807) is 30.2 Å². The third-order valence-electron chi connectivity index (χ3n) is 0.899. The second kappa shape index (κ2) is 9.03. The van der Waals surface area contributed by atoms with Gasteiger partial charge in [-0.25, -0.2) is 14.3 Å². The van der Waals surface area contributed by atoms with Gasteiger partial charge in [-0.05, 0) is 12.3 Å². The van der Waals surface area contributed by atoms with Gasteiger partial charge in [-0.2, -0.15) is 0 Å². The molecule has 0 amide bonds. The summed E-state index contributed by atoms with van der Waals surface area (Å²) in [7, 11) is -6.40. The zero-order chi connectivity index (χ0) is 11.7. The molecule has 86 valence electrons. The van der Waals surface area contributed by atoms with Crippen molar-refractivity contribution in [2.45, 2.75) is 5.16 Å². The molecule has 2 atom stereocenters. The minimum absolute atomic E-state index is 0.826. The van der Waals surface area contributed by atoms with Gasteiger partial charge in [0.25, 0.3) is 0 Å². The topological polar surface area (TPSA) is 110 Å². The number of hydrogen-bond donors (Lipinski definition) is 2. The van der Waals surface area contributed by atoms with Crippen LogP contribution in [0.5, 0.6) is 0 Å². The Morgan fingerprint density at radius 3 is 1.93 bits per heavy atom. The van der Waals surface area contributed by atoms with Crippen molar-refractivity contribution in [1.29, 1.82) is 0 Å². The first-order valence-corrected chi connectivity index (χ1v) is 7.26.